The predicted octanol–water partition coefficient (Wildman–Crippen LogP) is 1.78. The molecule has 0 amide bonds. The number of rotatable bonds is 8. The lowest BCUT2D eigenvalue weighted by Gasteiger charge is -1.89. The van der Waals surface area contributed by atoms with Crippen LogP contribution in [0, 0.1) is 0 Å². The number of hydrogen-bond donors (Lipinski definition) is 6. The third-order valence-corrected chi connectivity index (χ3v) is 1.56. The summed E-state index contributed by atoms with van der Waals surface area (Å²) in [7, 11) is 0. The first kappa shape index (κ1) is 31.8. The van der Waals surface area contributed by atoms with Gasteiger partial charge in [-0.1, -0.05) is 0 Å². The quantitative estimate of drug-likeness (QED) is 0.355. The summed E-state index contributed by atoms with van der Waals surface area (Å²) < 4.78 is 0. The summed E-state index contributed by atoms with van der Waals surface area (Å²) in [6, 6.07) is 0. The van der Waals surface area contributed by atoms with Crippen molar-refractivity contribution in [3.05, 3.63) is 13.2 Å². The van der Waals surface area contributed by atoms with Crippen molar-refractivity contribution < 1.29 is 39.6 Å². The van der Waals surface area contributed by atoms with Gasteiger partial charge in [-0.05, 0) is 12.8 Å². The lowest BCUT2D eigenvalue weighted by Crippen LogP contribution is -1.98. The molecule has 0 radical (unpaired) electrons. The third-order valence-electron chi connectivity index (χ3n) is 1.56. The monoisotopic (exact) mass is 326 g/mol. The molecule has 0 atom stereocenters. The lowest BCUT2D eigenvalue weighted by molar-refractivity contribution is -0.140. The summed E-state index contributed by atoms with van der Waals surface area (Å²) in [4.78, 5) is 39.2. The summed E-state index contributed by atoms with van der Waals surface area (Å²) in [6.07, 6.45) is 0.173. The Morgan fingerprint density at radius 2 is 0.682 bits per heavy atom. The minimum absolute atomic E-state index is 0. The van der Waals surface area contributed by atoms with Gasteiger partial charge in [0.2, 0.25) is 0 Å². The van der Waals surface area contributed by atoms with Crippen molar-refractivity contribution in [1.29, 1.82) is 0 Å². The van der Waals surface area contributed by atoms with Crippen LogP contribution in [0.1, 0.15) is 38.5 Å². The highest BCUT2D eigenvalue weighted by atomic mass is 16.4. The Labute approximate surface area is 128 Å². The van der Waals surface area contributed by atoms with Crippen LogP contribution in [0.25, 0.3) is 0 Å². The molecule has 0 aliphatic carbocycles. The molecule has 0 heterocycles. The zero-order chi connectivity index (χ0) is 16.6. The van der Waals surface area contributed by atoms with E-state index in [1.807, 2.05) is 0 Å². The van der Waals surface area contributed by atoms with Crippen LogP contribution in [0.15, 0.2) is 13.2 Å². The van der Waals surface area contributed by atoms with Crippen molar-refractivity contribution >= 4 is 23.9 Å². The van der Waals surface area contributed by atoms with Gasteiger partial charge in [-0.15, -0.1) is 13.2 Å². The van der Waals surface area contributed by atoms with Gasteiger partial charge in [0.1, 0.15) is 0 Å². The van der Waals surface area contributed by atoms with Gasteiger partial charge in [-0.3, -0.25) is 19.2 Å². The third kappa shape index (κ3) is 52.7. The molecule has 0 saturated heterocycles. The molecule has 0 unspecified atom stereocenters. The maximum absolute atomic E-state index is 9.79. The highest BCUT2D eigenvalue weighted by Gasteiger charge is 2.00. The van der Waals surface area contributed by atoms with Crippen LogP contribution in [0.5, 0.6) is 0 Å². The van der Waals surface area contributed by atoms with Crippen molar-refractivity contribution in [2.75, 3.05) is 0 Å². The molecule has 0 bridgehead atoms. The Balaban J connectivity index is -0.0000000726. The first-order valence-electron chi connectivity index (χ1n) is 5.63. The molecule has 22 heavy (non-hydrogen) atoms. The van der Waals surface area contributed by atoms with Crippen LogP contribution < -0.4 is 12.3 Å². The van der Waals surface area contributed by atoms with Gasteiger partial charge in [0.05, 0.1) is 0 Å². The summed E-state index contributed by atoms with van der Waals surface area (Å²) >= 11 is 0. The van der Waals surface area contributed by atoms with E-state index in [1.54, 1.807) is 0 Å². The Hall–Kier alpha value is -2.46. The summed E-state index contributed by atoms with van der Waals surface area (Å²) in [5.41, 5.74) is 0. The molecule has 0 spiro atoms. The topological polar surface area (TPSA) is 219 Å². The van der Waals surface area contributed by atoms with E-state index in [2.05, 4.69) is 13.2 Å². The Morgan fingerprint density at radius 3 is 0.773 bits per heavy atom. The molecule has 132 valence electrons. The standard InChI is InChI=1S/2C5H8O4.C2H4.2H3N/c2*6-4(7)2-1-3-5(8)9;1-2;;/h2*1-3H2,(H,6,7)(H,8,9);1-2H2;2*1H3. The molecular weight excluding hydrogens is 300 g/mol. The molecule has 10 heteroatoms. The number of aliphatic carboxylic acids is 4. The largest absolute Gasteiger partial charge is 0.481 e. The number of hydrogen-bond acceptors (Lipinski definition) is 6. The molecular formula is C12H26N2O8. The van der Waals surface area contributed by atoms with E-state index in [0.29, 0.717) is 0 Å². The fourth-order valence-electron chi connectivity index (χ4n) is 0.782. The zero-order valence-electron chi connectivity index (χ0n) is 12.5. The molecule has 0 rings (SSSR count). The lowest BCUT2D eigenvalue weighted by atomic mass is 10.2. The van der Waals surface area contributed by atoms with E-state index in [1.165, 1.54) is 0 Å². The summed E-state index contributed by atoms with van der Waals surface area (Å²) in [5, 5.41) is 32.1. The number of carbonyl (C=O) groups is 4. The Kier molecular flexibility index (Phi) is 34.1. The summed E-state index contributed by atoms with van der Waals surface area (Å²) in [5.74, 6) is -3.79. The Morgan fingerprint density at radius 1 is 0.545 bits per heavy atom. The van der Waals surface area contributed by atoms with Gasteiger partial charge < -0.3 is 32.7 Å². The van der Waals surface area contributed by atoms with E-state index in [9.17, 15) is 19.2 Å². The highest BCUT2D eigenvalue weighted by Crippen LogP contribution is 1.94. The second-order valence-electron chi connectivity index (χ2n) is 3.28. The first-order chi connectivity index (χ1) is 9.25. The van der Waals surface area contributed by atoms with Crippen LogP contribution in [0.4, 0.5) is 0 Å². The summed E-state index contributed by atoms with van der Waals surface area (Å²) in [6.45, 7) is 6.00. The second-order valence-corrected chi connectivity index (χ2v) is 3.28. The molecule has 0 fully saturated rings. The van der Waals surface area contributed by atoms with Crippen LogP contribution in [0.3, 0.4) is 0 Å². The molecule has 10 nitrogen and oxygen atoms in total. The molecule has 0 aromatic rings. The van der Waals surface area contributed by atoms with Gasteiger partial charge >= 0.3 is 23.9 Å². The van der Waals surface area contributed by atoms with E-state index >= 15 is 0 Å². The van der Waals surface area contributed by atoms with E-state index in [-0.39, 0.29) is 50.8 Å². The minimum Gasteiger partial charge on any atom is -0.481 e. The van der Waals surface area contributed by atoms with E-state index in [4.69, 9.17) is 20.4 Å². The molecule has 0 aromatic carbocycles. The predicted molar refractivity (Wildman–Crippen MR) is 79.5 cm³/mol. The van der Waals surface area contributed by atoms with Crippen LogP contribution in [-0.2, 0) is 19.2 Å². The Bertz CT molecular complexity index is 262. The maximum atomic E-state index is 9.79. The highest BCUT2D eigenvalue weighted by molar-refractivity contribution is 5.70. The smallest absolute Gasteiger partial charge is 0.303 e. The van der Waals surface area contributed by atoms with Crippen LogP contribution >= 0.6 is 0 Å². The average Bonchev–Trinajstić information content (AvgIpc) is 2.30. The normalized spacial score (nSPS) is 7.45. The maximum Gasteiger partial charge on any atom is 0.303 e. The molecule has 0 aromatic heterocycles. The van der Waals surface area contributed by atoms with Gasteiger partial charge in [-0.2, -0.15) is 0 Å². The van der Waals surface area contributed by atoms with Crippen molar-refractivity contribution in [3.8, 4) is 0 Å². The van der Waals surface area contributed by atoms with Crippen LogP contribution in [0.2, 0.25) is 0 Å². The molecule has 10 N–H and O–H groups in total. The van der Waals surface area contributed by atoms with E-state index in [0.717, 1.165) is 0 Å². The minimum atomic E-state index is -0.948. The van der Waals surface area contributed by atoms with Gasteiger partial charge in [0.25, 0.3) is 0 Å². The van der Waals surface area contributed by atoms with Crippen molar-refractivity contribution in [3.63, 3.8) is 0 Å². The number of carboxylic acid groups (broad SMARTS) is 4. The van der Waals surface area contributed by atoms with Crippen molar-refractivity contribution in [2.24, 2.45) is 0 Å². The van der Waals surface area contributed by atoms with Gasteiger partial charge in [0, 0.05) is 25.7 Å². The van der Waals surface area contributed by atoms with Crippen LogP contribution in [-0.4, -0.2) is 44.3 Å². The van der Waals surface area contributed by atoms with Gasteiger partial charge in [-0.25, -0.2) is 0 Å². The SMILES string of the molecule is C=C.N.N.O=C(O)CCCC(=O)O.O=C(O)CCCC(=O)O. The van der Waals surface area contributed by atoms with Crippen molar-refractivity contribution in [1.82, 2.24) is 12.3 Å². The van der Waals surface area contributed by atoms with E-state index < -0.39 is 23.9 Å². The molecule has 0 aliphatic heterocycles. The van der Waals surface area contributed by atoms with Gasteiger partial charge in [0.15, 0.2) is 0 Å². The molecule has 0 aliphatic rings. The zero-order valence-corrected chi connectivity index (χ0v) is 12.5. The van der Waals surface area contributed by atoms with Crippen molar-refractivity contribution in [2.45, 2.75) is 38.5 Å². The molecule has 0 saturated carbocycles. The fraction of sp³-hybridized carbons (Fsp3) is 0.500. The second kappa shape index (κ2) is 23.6. The average molecular weight is 326 g/mol. The fourth-order valence-corrected chi connectivity index (χ4v) is 0.782. The number of carboxylic acids is 4. The first-order valence-corrected chi connectivity index (χ1v) is 5.63.